The molecule has 0 aliphatic rings. The van der Waals surface area contributed by atoms with Crippen molar-refractivity contribution in [2.45, 2.75) is 37.5 Å². The fourth-order valence-electron chi connectivity index (χ4n) is 3.28. The van der Waals surface area contributed by atoms with E-state index in [1.165, 1.54) is 49.6 Å². The number of benzene rings is 1. The molecule has 4 N–H and O–H groups in total. The Morgan fingerprint density at radius 3 is 1.87 bits per heavy atom. The van der Waals surface area contributed by atoms with E-state index in [-0.39, 0.29) is 23.1 Å². The van der Waals surface area contributed by atoms with Crippen LogP contribution in [0.2, 0.25) is 0 Å². The lowest BCUT2D eigenvalue weighted by atomic mass is 10.1. The van der Waals surface area contributed by atoms with Crippen LogP contribution in [0.5, 0.6) is 11.8 Å². The highest BCUT2D eigenvalue weighted by atomic mass is 32.2. The Labute approximate surface area is 263 Å². The van der Waals surface area contributed by atoms with Crippen LogP contribution in [0.3, 0.4) is 0 Å². The molecule has 0 fully saturated rings. The van der Waals surface area contributed by atoms with Crippen molar-refractivity contribution in [3.05, 3.63) is 53.2 Å². The molecule has 0 radical (unpaired) electrons. The lowest BCUT2D eigenvalue weighted by molar-refractivity contribution is -0.140. The van der Waals surface area contributed by atoms with Gasteiger partial charge in [-0.1, -0.05) is 6.07 Å². The number of carbonyl (C=O) groups is 2. The number of hydrogen-bond donors (Lipinski definition) is 4. The van der Waals surface area contributed by atoms with Crippen LogP contribution >= 0.6 is 0 Å². The van der Waals surface area contributed by atoms with Crippen molar-refractivity contribution < 1.29 is 62.2 Å². The summed E-state index contributed by atoms with van der Waals surface area (Å²) < 4.78 is 135. The predicted molar refractivity (Wildman–Crippen MR) is 153 cm³/mol. The summed E-state index contributed by atoms with van der Waals surface area (Å²) in [5, 5.41) is 3.01. The first kappa shape index (κ1) is 38.3. The molecule has 0 spiro atoms. The van der Waals surface area contributed by atoms with E-state index in [1.807, 2.05) is 5.32 Å². The zero-order valence-electron chi connectivity index (χ0n) is 24.7. The van der Waals surface area contributed by atoms with Gasteiger partial charge in [0.1, 0.15) is 0 Å². The van der Waals surface area contributed by atoms with Crippen LogP contribution < -0.4 is 29.6 Å². The van der Waals surface area contributed by atoms with Gasteiger partial charge in [0, 0.05) is 18.8 Å². The molecule has 47 heavy (non-hydrogen) atoms. The highest BCUT2D eigenvalue weighted by Gasteiger charge is 2.46. The predicted octanol–water partition coefficient (Wildman–Crippen LogP) is 3.94. The van der Waals surface area contributed by atoms with E-state index in [0.29, 0.717) is 17.2 Å². The molecular formula is C24H25F6N7O8S2. The van der Waals surface area contributed by atoms with Gasteiger partial charge >= 0.3 is 27.7 Å². The summed E-state index contributed by atoms with van der Waals surface area (Å²) in [7, 11) is -7.88. The summed E-state index contributed by atoms with van der Waals surface area (Å²) in [5.74, 6) is -0.842. The first-order valence-electron chi connectivity index (χ1n) is 12.3. The van der Waals surface area contributed by atoms with E-state index in [4.69, 9.17) is 9.47 Å². The molecule has 2 aromatic heterocycles. The number of amides is 3. The molecule has 0 atom stereocenters. The van der Waals surface area contributed by atoms with Crippen LogP contribution in [0, 0.1) is 13.8 Å². The highest BCUT2D eigenvalue weighted by Crippen LogP contribution is 2.33. The monoisotopic (exact) mass is 717 g/mol. The van der Waals surface area contributed by atoms with Gasteiger partial charge in [-0.3, -0.25) is 14.8 Å². The summed E-state index contributed by atoms with van der Waals surface area (Å²) in [6, 6.07) is 3.93. The summed E-state index contributed by atoms with van der Waals surface area (Å²) in [6.45, 7) is 4.33. The number of ether oxygens (including phenoxy) is 2. The minimum Gasteiger partial charge on any atom is -0.481 e. The quantitative estimate of drug-likeness (QED) is 0.246. The van der Waals surface area contributed by atoms with Gasteiger partial charge in [-0.2, -0.15) is 53.1 Å². The number of rotatable bonds is 8. The zero-order chi connectivity index (χ0) is 36.0. The second-order valence-electron chi connectivity index (χ2n) is 8.90. The van der Waals surface area contributed by atoms with Crippen LogP contribution in [-0.2, 0) is 31.0 Å². The van der Waals surface area contributed by atoms with Crippen molar-refractivity contribution in [1.29, 1.82) is 0 Å². The van der Waals surface area contributed by atoms with Gasteiger partial charge in [0.25, 0.3) is 10.0 Å². The molecule has 0 aliphatic carbocycles. The average Bonchev–Trinajstić information content (AvgIpc) is 2.94. The SMILES string of the molecule is CC(=O)Nc1cc(NS(=O)(=O)C(F)(F)F)c(C)cc1C.COc1cc(OC)nc(NC(=O)NS(=O)(=O)c2ncccc2C(F)(F)F)n1. The molecule has 0 bridgehead atoms. The molecule has 1 aromatic carbocycles. The third kappa shape index (κ3) is 10.6. The van der Waals surface area contributed by atoms with Crippen molar-refractivity contribution >= 4 is 49.3 Å². The fourth-order valence-corrected chi connectivity index (χ4v) is 4.97. The van der Waals surface area contributed by atoms with Crippen molar-refractivity contribution in [3.63, 3.8) is 0 Å². The third-order valence-electron chi connectivity index (χ3n) is 5.31. The lowest BCUT2D eigenvalue weighted by Gasteiger charge is -2.15. The van der Waals surface area contributed by atoms with Crippen LogP contribution in [0.4, 0.5) is 48.5 Å². The summed E-state index contributed by atoms with van der Waals surface area (Å²) in [4.78, 5) is 33.5. The molecule has 3 aromatic rings. The average molecular weight is 718 g/mol. The summed E-state index contributed by atoms with van der Waals surface area (Å²) in [6.07, 6.45) is -4.14. The Hall–Kier alpha value is -4.93. The topological polar surface area (TPSA) is 208 Å². The number of anilines is 3. The minimum atomic E-state index is -5.49. The van der Waals surface area contributed by atoms with Crippen LogP contribution in [0.25, 0.3) is 0 Å². The Balaban J connectivity index is 0.000000343. The second-order valence-corrected chi connectivity index (χ2v) is 12.2. The number of aromatic nitrogens is 3. The minimum absolute atomic E-state index is 0.0101. The van der Waals surface area contributed by atoms with Crippen LogP contribution in [-0.4, -0.2) is 63.5 Å². The maximum absolute atomic E-state index is 12.9. The number of hydrogen-bond acceptors (Lipinski definition) is 11. The van der Waals surface area contributed by atoms with Gasteiger partial charge in [-0.25, -0.2) is 14.5 Å². The maximum atomic E-state index is 12.9. The molecule has 0 aliphatic heterocycles. The number of aryl methyl sites for hydroxylation is 2. The molecule has 0 saturated carbocycles. The van der Waals surface area contributed by atoms with Gasteiger partial charge in [0.2, 0.25) is 23.6 Å². The molecular weight excluding hydrogens is 692 g/mol. The molecule has 3 rings (SSSR count). The second kappa shape index (κ2) is 14.7. The molecule has 3 amide bonds. The summed E-state index contributed by atoms with van der Waals surface area (Å²) in [5.41, 5.74) is -6.01. The van der Waals surface area contributed by atoms with Gasteiger partial charge < -0.3 is 14.8 Å². The Morgan fingerprint density at radius 2 is 1.38 bits per heavy atom. The number of urea groups is 1. The van der Waals surface area contributed by atoms with E-state index in [1.54, 1.807) is 6.92 Å². The largest absolute Gasteiger partial charge is 0.516 e. The van der Waals surface area contributed by atoms with E-state index in [2.05, 4.69) is 20.3 Å². The Kier molecular flexibility index (Phi) is 11.9. The molecule has 0 saturated heterocycles. The van der Waals surface area contributed by atoms with Crippen LogP contribution in [0.15, 0.2) is 41.6 Å². The van der Waals surface area contributed by atoms with E-state index in [9.17, 15) is 52.8 Å². The number of halogens is 6. The maximum Gasteiger partial charge on any atom is 0.516 e. The molecule has 258 valence electrons. The number of sulfonamides is 2. The number of methoxy groups -OCH3 is 2. The standard InChI is InChI=1S/C13H12F3N5O5S.C11H13F3N2O3S/c1-25-8-6-9(26-2)19-11(18-8)20-12(22)21-27(23,24)10-7(13(14,15)16)4-3-5-17-10;1-6-4-7(2)10(5-9(6)15-8(3)17)16-20(18,19)11(12,13)14/h3-6H,1-2H3,(H2,18,19,20,21,22);4-5,16H,1-3H3,(H,15,17). The number of alkyl halides is 6. The Bertz CT molecular complexity index is 1830. The molecule has 23 heteroatoms. The highest BCUT2D eigenvalue weighted by molar-refractivity contribution is 7.93. The van der Waals surface area contributed by atoms with Crippen molar-refractivity contribution in [3.8, 4) is 11.8 Å². The van der Waals surface area contributed by atoms with Crippen LogP contribution in [0.1, 0.15) is 23.6 Å². The first-order chi connectivity index (χ1) is 21.5. The van der Waals surface area contributed by atoms with Crippen molar-refractivity contribution in [2.24, 2.45) is 0 Å². The lowest BCUT2D eigenvalue weighted by Crippen LogP contribution is -2.36. The molecule has 15 nitrogen and oxygen atoms in total. The van der Waals surface area contributed by atoms with Gasteiger partial charge in [-0.05, 0) is 43.2 Å². The molecule has 2 heterocycles. The smallest absolute Gasteiger partial charge is 0.481 e. The normalized spacial score (nSPS) is 11.8. The number of nitrogens with zero attached hydrogens (tertiary/aromatic N) is 3. The fraction of sp³-hybridized carbons (Fsp3) is 0.292. The van der Waals surface area contributed by atoms with Gasteiger partial charge in [0.15, 0.2) is 5.03 Å². The van der Waals surface area contributed by atoms with E-state index >= 15 is 0 Å². The van der Waals surface area contributed by atoms with Crippen molar-refractivity contribution in [2.75, 3.05) is 29.6 Å². The van der Waals surface area contributed by atoms with E-state index < -0.39 is 60.2 Å². The van der Waals surface area contributed by atoms with Crippen molar-refractivity contribution in [1.82, 2.24) is 19.7 Å². The van der Waals surface area contributed by atoms with Gasteiger partial charge in [0.05, 0.1) is 31.5 Å². The van der Waals surface area contributed by atoms with Gasteiger partial charge in [-0.15, -0.1) is 0 Å². The van der Waals surface area contributed by atoms with E-state index in [0.717, 1.165) is 18.3 Å². The third-order valence-corrected chi connectivity index (χ3v) is 7.70. The summed E-state index contributed by atoms with van der Waals surface area (Å²) >= 11 is 0. The Morgan fingerprint density at radius 1 is 0.830 bits per heavy atom. The number of nitrogens with one attached hydrogen (secondary N) is 4. The molecule has 0 unspecified atom stereocenters. The number of carbonyl (C=O) groups excluding carboxylic acids is 2. The first-order valence-corrected chi connectivity index (χ1v) is 15.3. The zero-order valence-corrected chi connectivity index (χ0v) is 26.3. The number of pyridine rings is 1.